The monoisotopic (exact) mass is 371 g/mol. The van der Waals surface area contributed by atoms with Crippen LogP contribution in [-0.4, -0.2) is 35.1 Å². The second-order valence-electron chi connectivity index (χ2n) is 9.44. The van der Waals surface area contributed by atoms with Gasteiger partial charge < -0.3 is 16.0 Å². The number of hydrogen-bond acceptors (Lipinski definition) is 6. The van der Waals surface area contributed by atoms with E-state index in [0.717, 1.165) is 30.8 Å². The topological polar surface area (TPSA) is 67.1 Å². The summed E-state index contributed by atoms with van der Waals surface area (Å²) in [4.78, 5) is 13.4. The van der Waals surface area contributed by atoms with E-state index in [4.69, 9.17) is 15.7 Å². The highest BCUT2D eigenvalue weighted by atomic mass is 32.1. The maximum atomic E-state index is 6.17. The summed E-state index contributed by atoms with van der Waals surface area (Å²) in [5, 5.41) is 3.71. The highest BCUT2D eigenvalue weighted by Gasteiger charge is 2.36. The quantitative estimate of drug-likeness (QED) is 0.804. The molecule has 3 N–H and O–H groups in total. The van der Waals surface area contributed by atoms with Gasteiger partial charge in [0.2, 0.25) is 5.95 Å². The zero-order valence-corrected chi connectivity index (χ0v) is 16.8. The molecule has 2 aromatic heterocycles. The van der Waals surface area contributed by atoms with Gasteiger partial charge in [-0.15, -0.1) is 11.3 Å². The SMILES string of the molecule is CC(C)(C)C1CCc2sc3c(N4CC5CCC(C4)N5)nc(N)nc3c2C1. The van der Waals surface area contributed by atoms with Crippen molar-refractivity contribution < 1.29 is 0 Å². The molecule has 2 bridgehead atoms. The van der Waals surface area contributed by atoms with Gasteiger partial charge in [0.15, 0.2) is 5.82 Å². The summed E-state index contributed by atoms with van der Waals surface area (Å²) in [5.74, 6) is 2.22. The Balaban J connectivity index is 1.58. The molecular formula is C20H29N5S. The normalized spacial score (nSPS) is 28.6. The van der Waals surface area contributed by atoms with E-state index in [0.29, 0.717) is 29.4 Å². The molecule has 4 heterocycles. The fourth-order valence-electron chi connectivity index (χ4n) is 5.06. The number of hydrogen-bond donors (Lipinski definition) is 2. The molecule has 3 unspecified atom stereocenters. The van der Waals surface area contributed by atoms with Crippen LogP contribution in [0.4, 0.5) is 11.8 Å². The van der Waals surface area contributed by atoms with E-state index in [-0.39, 0.29) is 0 Å². The number of nitrogens with one attached hydrogen (secondary N) is 1. The molecule has 2 saturated heterocycles. The van der Waals surface area contributed by atoms with Crippen molar-refractivity contribution in [3.63, 3.8) is 0 Å². The first-order valence-corrected chi connectivity index (χ1v) is 10.8. The van der Waals surface area contributed by atoms with Crippen molar-refractivity contribution in [1.82, 2.24) is 15.3 Å². The predicted molar refractivity (Wildman–Crippen MR) is 109 cm³/mol. The van der Waals surface area contributed by atoms with Crippen LogP contribution in [0.3, 0.4) is 0 Å². The standard InChI is InChI=1S/C20H29N5S/c1-20(2,3)11-4-7-15-14(8-11)16-17(26-15)18(24-19(21)23-16)25-9-12-5-6-13(10-25)22-12/h11-13,22H,4-10H2,1-3H3,(H2,21,23,24). The number of aryl methyl sites for hydroxylation is 1. The number of nitrogens with two attached hydrogens (primary N) is 1. The summed E-state index contributed by atoms with van der Waals surface area (Å²) in [6.45, 7) is 9.16. The Morgan fingerprint density at radius 1 is 1.12 bits per heavy atom. The molecule has 5 nitrogen and oxygen atoms in total. The molecule has 2 aliphatic heterocycles. The summed E-state index contributed by atoms with van der Waals surface area (Å²) >= 11 is 1.92. The van der Waals surface area contributed by atoms with Gasteiger partial charge in [-0.25, -0.2) is 4.98 Å². The molecular weight excluding hydrogens is 342 g/mol. The lowest BCUT2D eigenvalue weighted by Crippen LogP contribution is -2.51. The van der Waals surface area contributed by atoms with Gasteiger partial charge in [-0.3, -0.25) is 0 Å². The van der Waals surface area contributed by atoms with Gasteiger partial charge in [0, 0.05) is 30.1 Å². The van der Waals surface area contributed by atoms with Crippen LogP contribution in [0.1, 0.15) is 50.5 Å². The second kappa shape index (κ2) is 5.80. The Morgan fingerprint density at radius 2 is 1.85 bits per heavy atom. The Morgan fingerprint density at radius 3 is 2.54 bits per heavy atom. The van der Waals surface area contributed by atoms with Crippen LogP contribution in [0.15, 0.2) is 0 Å². The number of rotatable bonds is 1. The number of nitrogen functional groups attached to an aromatic ring is 1. The molecule has 2 fully saturated rings. The molecule has 140 valence electrons. The minimum atomic E-state index is 0.338. The average Bonchev–Trinajstić information content (AvgIpc) is 3.12. The molecule has 0 radical (unpaired) electrons. The number of nitrogens with zero attached hydrogens (tertiary/aromatic N) is 3. The first-order chi connectivity index (χ1) is 12.4. The van der Waals surface area contributed by atoms with E-state index >= 15 is 0 Å². The molecule has 0 amide bonds. The van der Waals surface area contributed by atoms with Gasteiger partial charge in [-0.2, -0.15) is 4.98 Å². The van der Waals surface area contributed by atoms with E-state index in [1.165, 1.54) is 40.8 Å². The van der Waals surface area contributed by atoms with Crippen LogP contribution in [0, 0.1) is 11.3 Å². The lowest BCUT2D eigenvalue weighted by atomic mass is 9.72. The molecule has 2 aromatic rings. The van der Waals surface area contributed by atoms with Crippen LogP contribution in [0.25, 0.3) is 10.2 Å². The highest BCUT2D eigenvalue weighted by Crippen LogP contribution is 2.45. The Hall–Kier alpha value is -1.40. The lowest BCUT2D eigenvalue weighted by molar-refractivity contribution is 0.217. The second-order valence-corrected chi connectivity index (χ2v) is 10.5. The molecule has 0 aromatic carbocycles. The highest BCUT2D eigenvalue weighted by molar-refractivity contribution is 7.19. The van der Waals surface area contributed by atoms with Crippen molar-refractivity contribution in [1.29, 1.82) is 0 Å². The largest absolute Gasteiger partial charge is 0.368 e. The number of anilines is 2. The van der Waals surface area contributed by atoms with Crippen molar-refractivity contribution in [2.24, 2.45) is 11.3 Å². The molecule has 26 heavy (non-hydrogen) atoms. The lowest BCUT2D eigenvalue weighted by Gasteiger charge is -2.34. The van der Waals surface area contributed by atoms with Crippen LogP contribution < -0.4 is 16.0 Å². The Bertz CT molecular complexity index is 840. The molecule has 0 spiro atoms. The minimum Gasteiger partial charge on any atom is -0.368 e. The number of piperazine rings is 1. The summed E-state index contributed by atoms with van der Waals surface area (Å²) < 4.78 is 1.26. The van der Waals surface area contributed by atoms with Crippen molar-refractivity contribution in [2.75, 3.05) is 23.7 Å². The van der Waals surface area contributed by atoms with E-state index < -0.39 is 0 Å². The minimum absolute atomic E-state index is 0.338. The third-order valence-electron chi connectivity index (χ3n) is 6.62. The third kappa shape index (κ3) is 2.69. The third-order valence-corrected chi connectivity index (χ3v) is 7.90. The van der Waals surface area contributed by atoms with Gasteiger partial charge in [-0.1, -0.05) is 20.8 Å². The van der Waals surface area contributed by atoms with Crippen molar-refractivity contribution >= 4 is 33.3 Å². The van der Waals surface area contributed by atoms with Crippen LogP contribution in [0.5, 0.6) is 0 Å². The fraction of sp³-hybridized carbons (Fsp3) is 0.700. The van der Waals surface area contributed by atoms with Gasteiger partial charge in [0.05, 0.1) is 10.2 Å². The predicted octanol–water partition coefficient (Wildman–Crippen LogP) is 3.37. The zero-order chi connectivity index (χ0) is 18.1. The summed E-state index contributed by atoms with van der Waals surface area (Å²) in [7, 11) is 0. The molecule has 5 rings (SSSR count). The molecule has 3 atom stereocenters. The smallest absolute Gasteiger partial charge is 0.222 e. The van der Waals surface area contributed by atoms with Crippen molar-refractivity contribution in [3.8, 4) is 0 Å². The summed E-state index contributed by atoms with van der Waals surface area (Å²) in [6, 6.07) is 1.19. The van der Waals surface area contributed by atoms with Gasteiger partial charge in [-0.05, 0) is 49.0 Å². The van der Waals surface area contributed by atoms with E-state index in [1.54, 1.807) is 0 Å². The van der Waals surface area contributed by atoms with E-state index in [1.807, 2.05) is 11.3 Å². The first-order valence-electron chi connectivity index (χ1n) is 9.97. The van der Waals surface area contributed by atoms with E-state index in [2.05, 4.69) is 31.0 Å². The molecule has 3 aliphatic rings. The number of aromatic nitrogens is 2. The van der Waals surface area contributed by atoms with Gasteiger partial charge in [0.1, 0.15) is 0 Å². The summed E-state index contributed by atoms with van der Waals surface area (Å²) in [6.07, 6.45) is 6.13. The van der Waals surface area contributed by atoms with Crippen LogP contribution in [-0.2, 0) is 12.8 Å². The molecule has 0 saturated carbocycles. The van der Waals surface area contributed by atoms with E-state index in [9.17, 15) is 0 Å². The molecule has 6 heteroatoms. The van der Waals surface area contributed by atoms with Crippen molar-refractivity contribution in [3.05, 3.63) is 10.4 Å². The summed E-state index contributed by atoms with van der Waals surface area (Å²) in [5.41, 5.74) is 9.09. The maximum Gasteiger partial charge on any atom is 0.222 e. The van der Waals surface area contributed by atoms with Gasteiger partial charge >= 0.3 is 0 Å². The maximum absolute atomic E-state index is 6.17. The fourth-order valence-corrected chi connectivity index (χ4v) is 6.36. The Kier molecular flexibility index (Phi) is 3.73. The van der Waals surface area contributed by atoms with Crippen LogP contribution >= 0.6 is 11.3 Å². The van der Waals surface area contributed by atoms with Gasteiger partial charge in [0.25, 0.3) is 0 Å². The average molecular weight is 372 g/mol. The number of thiophene rings is 1. The molecule has 1 aliphatic carbocycles. The van der Waals surface area contributed by atoms with Crippen molar-refractivity contribution in [2.45, 2.75) is 65.0 Å². The zero-order valence-electron chi connectivity index (χ0n) is 16.0. The number of fused-ring (bicyclic) bond motifs is 5. The first kappa shape index (κ1) is 16.8. The van der Waals surface area contributed by atoms with Crippen LogP contribution in [0.2, 0.25) is 0 Å². The Labute approximate surface area is 159 Å².